The monoisotopic (exact) mass is 245 g/mol. The number of carboxylic acid groups (broad SMARTS) is 1. The molecule has 1 N–H and O–H groups in total. The smallest absolute Gasteiger partial charge is 0.339 e. The molecule has 0 spiro atoms. The number of aromatic carboxylic acids is 1. The van der Waals surface area contributed by atoms with E-state index in [0.29, 0.717) is 11.5 Å². The molecular weight excluding hydrogens is 230 g/mol. The lowest BCUT2D eigenvalue weighted by atomic mass is 10.1. The van der Waals surface area contributed by atoms with Crippen molar-refractivity contribution in [2.24, 2.45) is 0 Å². The van der Waals surface area contributed by atoms with Crippen molar-refractivity contribution in [2.45, 2.75) is 26.7 Å². The van der Waals surface area contributed by atoms with Crippen LogP contribution in [-0.4, -0.2) is 25.8 Å². The van der Waals surface area contributed by atoms with Gasteiger partial charge in [0.2, 0.25) is 0 Å². The molecule has 0 aliphatic heterocycles. The number of hydrogen-bond donors (Lipinski definition) is 1. The minimum absolute atomic E-state index is 0.0576. The summed E-state index contributed by atoms with van der Waals surface area (Å²) in [4.78, 5) is 15.4. The fourth-order valence-electron chi connectivity index (χ4n) is 1.74. The average molecular weight is 245 g/mol. The second-order valence-corrected chi connectivity index (χ2v) is 4.52. The molecule has 5 nitrogen and oxygen atoms in total. The molecule has 0 unspecified atom stereocenters. The molecule has 0 aromatic carbocycles. The highest BCUT2D eigenvalue weighted by molar-refractivity contribution is 5.88. The van der Waals surface area contributed by atoms with Crippen LogP contribution in [0.5, 0.6) is 0 Å². The minimum Gasteiger partial charge on any atom is -0.478 e. The van der Waals surface area contributed by atoms with Crippen LogP contribution < -0.4 is 0 Å². The Morgan fingerprint density at radius 3 is 2.67 bits per heavy atom. The van der Waals surface area contributed by atoms with Crippen LogP contribution in [0, 0.1) is 6.92 Å². The number of hydrogen-bond acceptors (Lipinski definition) is 3. The highest BCUT2D eigenvalue weighted by atomic mass is 16.4. The highest BCUT2D eigenvalue weighted by Crippen LogP contribution is 2.19. The molecule has 2 rings (SSSR count). The van der Waals surface area contributed by atoms with Gasteiger partial charge < -0.3 is 5.11 Å². The molecule has 0 bridgehead atoms. The largest absolute Gasteiger partial charge is 0.478 e. The molecule has 0 amide bonds. The second-order valence-electron chi connectivity index (χ2n) is 4.52. The average Bonchev–Trinajstić information content (AvgIpc) is 2.73. The number of nitrogens with zero attached hydrogens (tertiary/aromatic N) is 3. The molecule has 0 radical (unpaired) electrons. The normalized spacial score (nSPS) is 10.9. The van der Waals surface area contributed by atoms with E-state index in [9.17, 15) is 4.79 Å². The van der Waals surface area contributed by atoms with Crippen LogP contribution in [0.15, 0.2) is 24.5 Å². The fraction of sp³-hybridized carbons (Fsp3) is 0.308. The van der Waals surface area contributed by atoms with Gasteiger partial charge in [-0.2, -0.15) is 5.10 Å². The van der Waals surface area contributed by atoms with Gasteiger partial charge in [-0.15, -0.1) is 0 Å². The summed E-state index contributed by atoms with van der Waals surface area (Å²) in [5.41, 5.74) is 1.86. The summed E-state index contributed by atoms with van der Waals surface area (Å²) in [6, 6.07) is 3.75. The Morgan fingerprint density at radius 1 is 1.44 bits per heavy atom. The van der Waals surface area contributed by atoms with Gasteiger partial charge in [0.1, 0.15) is 5.56 Å². The van der Waals surface area contributed by atoms with Gasteiger partial charge in [0.25, 0.3) is 0 Å². The standard InChI is InChI=1S/C13H15N3O2/c1-8(2)12-10(13(17)18)7-16(15-12)11-6-9(3)4-5-14-11/h4-8H,1-3H3,(H,17,18). The van der Waals surface area contributed by atoms with Crippen molar-refractivity contribution in [3.63, 3.8) is 0 Å². The molecule has 0 fully saturated rings. The highest BCUT2D eigenvalue weighted by Gasteiger charge is 2.18. The van der Waals surface area contributed by atoms with Crippen LogP contribution >= 0.6 is 0 Å². The van der Waals surface area contributed by atoms with Gasteiger partial charge in [-0.1, -0.05) is 13.8 Å². The SMILES string of the molecule is Cc1ccnc(-n2cc(C(=O)O)c(C(C)C)n2)c1. The van der Waals surface area contributed by atoms with Gasteiger partial charge >= 0.3 is 5.97 Å². The summed E-state index contributed by atoms with van der Waals surface area (Å²) in [5, 5.41) is 13.5. The van der Waals surface area contributed by atoms with E-state index in [1.165, 1.54) is 10.9 Å². The van der Waals surface area contributed by atoms with E-state index >= 15 is 0 Å². The third-order valence-electron chi connectivity index (χ3n) is 2.66. The van der Waals surface area contributed by atoms with E-state index in [1.807, 2.05) is 32.9 Å². The van der Waals surface area contributed by atoms with E-state index in [1.54, 1.807) is 6.20 Å². The summed E-state index contributed by atoms with van der Waals surface area (Å²) >= 11 is 0. The van der Waals surface area contributed by atoms with Gasteiger partial charge in [-0.3, -0.25) is 0 Å². The molecule has 2 aromatic heterocycles. The summed E-state index contributed by atoms with van der Waals surface area (Å²) in [6.07, 6.45) is 3.20. The first-order valence-corrected chi connectivity index (χ1v) is 5.75. The Labute approximate surface area is 105 Å². The molecule has 0 aliphatic carbocycles. The first-order chi connectivity index (χ1) is 8.49. The van der Waals surface area contributed by atoms with Crippen LogP contribution in [0.25, 0.3) is 5.82 Å². The van der Waals surface area contributed by atoms with Crippen LogP contribution in [0.2, 0.25) is 0 Å². The first-order valence-electron chi connectivity index (χ1n) is 5.75. The first kappa shape index (κ1) is 12.3. The van der Waals surface area contributed by atoms with Gasteiger partial charge in [0.15, 0.2) is 5.82 Å². The third-order valence-corrected chi connectivity index (χ3v) is 2.66. The topological polar surface area (TPSA) is 68.0 Å². The van der Waals surface area contributed by atoms with E-state index in [4.69, 9.17) is 5.11 Å². The lowest BCUT2D eigenvalue weighted by Crippen LogP contribution is -2.01. The van der Waals surface area contributed by atoms with Crippen molar-refractivity contribution in [1.29, 1.82) is 0 Å². The molecule has 0 aliphatic rings. The summed E-state index contributed by atoms with van der Waals surface area (Å²) < 4.78 is 1.52. The molecule has 94 valence electrons. The zero-order valence-electron chi connectivity index (χ0n) is 10.6. The molecular formula is C13H15N3O2. The van der Waals surface area contributed by atoms with E-state index in [2.05, 4.69) is 10.1 Å². The lowest BCUT2D eigenvalue weighted by Gasteiger charge is -2.02. The number of aromatic nitrogens is 3. The van der Waals surface area contributed by atoms with Crippen LogP contribution in [0.3, 0.4) is 0 Å². The predicted molar refractivity (Wildman–Crippen MR) is 67.1 cm³/mol. The van der Waals surface area contributed by atoms with Crippen molar-refractivity contribution in [3.8, 4) is 5.82 Å². The number of pyridine rings is 1. The molecule has 0 atom stereocenters. The zero-order valence-corrected chi connectivity index (χ0v) is 10.6. The van der Waals surface area contributed by atoms with Crippen molar-refractivity contribution < 1.29 is 9.90 Å². The maximum atomic E-state index is 11.2. The number of rotatable bonds is 3. The Hall–Kier alpha value is -2.17. The molecule has 18 heavy (non-hydrogen) atoms. The van der Waals surface area contributed by atoms with Gasteiger partial charge in [-0.25, -0.2) is 14.5 Å². The Balaban J connectivity index is 2.53. The van der Waals surface area contributed by atoms with Crippen LogP contribution in [0.1, 0.15) is 41.4 Å². The van der Waals surface area contributed by atoms with Gasteiger partial charge in [-0.05, 0) is 30.5 Å². The molecule has 0 saturated carbocycles. The lowest BCUT2D eigenvalue weighted by molar-refractivity contribution is 0.0695. The van der Waals surface area contributed by atoms with Crippen molar-refractivity contribution in [1.82, 2.24) is 14.8 Å². The molecule has 2 heterocycles. The predicted octanol–water partition coefficient (Wildman–Crippen LogP) is 2.40. The minimum atomic E-state index is -0.961. The summed E-state index contributed by atoms with van der Waals surface area (Å²) in [5.74, 6) is -0.274. The van der Waals surface area contributed by atoms with Crippen LogP contribution in [-0.2, 0) is 0 Å². The Morgan fingerprint density at radius 2 is 2.17 bits per heavy atom. The number of carboxylic acids is 1. The quantitative estimate of drug-likeness (QED) is 0.901. The van der Waals surface area contributed by atoms with Crippen molar-refractivity contribution >= 4 is 5.97 Å². The maximum Gasteiger partial charge on any atom is 0.339 e. The summed E-state index contributed by atoms with van der Waals surface area (Å²) in [6.45, 7) is 5.79. The molecule has 5 heteroatoms. The van der Waals surface area contributed by atoms with Crippen molar-refractivity contribution in [3.05, 3.63) is 41.3 Å². The maximum absolute atomic E-state index is 11.2. The van der Waals surface area contributed by atoms with Crippen molar-refractivity contribution in [2.75, 3.05) is 0 Å². The number of aryl methyl sites for hydroxylation is 1. The third kappa shape index (κ3) is 2.25. The molecule has 2 aromatic rings. The molecule has 0 saturated heterocycles. The fourth-order valence-corrected chi connectivity index (χ4v) is 1.74. The van der Waals surface area contributed by atoms with E-state index < -0.39 is 5.97 Å². The van der Waals surface area contributed by atoms with Gasteiger partial charge in [0.05, 0.1) is 5.69 Å². The summed E-state index contributed by atoms with van der Waals surface area (Å²) in [7, 11) is 0. The van der Waals surface area contributed by atoms with E-state index in [-0.39, 0.29) is 11.5 Å². The Kier molecular flexibility index (Phi) is 3.14. The van der Waals surface area contributed by atoms with Gasteiger partial charge in [0, 0.05) is 12.4 Å². The van der Waals surface area contributed by atoms with E-state index in [0.717, 1.165) is 5.56 Å². The Bertz CT molecular complexity index is 588. The second kappa shape index (κ2) is 4.60. The number of carbonyl (C=O) groups is 1. The van der Waals surface area contributed by atoms with Crippen LogP contribution in [0.4, 0.5) is 0 Å². The zero-order chi connectivity index (χ0) is 13.3.